The molecule has 0 aliphatic heterocycles. The molecule has 2 heterocycles. The van der Waals surface area contributed by atoms with Gasteiger partial charge in [0, 0.05) is 12.4 Å². The fourth-order valence-electron chi connectivity index (χ4n) is 2.54. The van der Waals surface area contributed by atoms with Gasteiger partial charge in [-0.2, -0.15) is 13.2 Å². The van der Waals surface area contributed by atoms with Gasteiger partial charge in [0.1, 0.15) is 5.69 Å². The number of hydrogen-bond acceptors (Lipinski definition) is 6. The lowest BCUT2D eigenvalue weighted by molar-refractivity contribution is -0.141. The van der Waals surface area contributed by atoms with E-state index in [1.807, 2.05) is 0 Å². The number of hydrogen-bond donors (Lipinski definition) is 0. The number of aryl methyl sites for hydroxylation is 2. The lowest BCUT2D eigenvalue weighted by Gasteiger charge is -2.13. The van der Waals surface area contributed by atoms with Gasteiger partial charge in [-0.25, -0.2) is 13.2 Å². The molecule has 0 N–H and O–H groups in total. The number of ether oxygens (including phenoxy) is 1. The van der Waals surface area contributed by atoms with E-state index in [2.05, 4.69) is 9.97 Å². The predicted octanol–water partition coefficient (Wildman–Crippen LogP) is 3.25. The first kappa shape index (κ1) is 21.8. The normalized spacial score (nSPS) is 12.0. The SMILES string of the molecule is CCOC(=O)c1cc(C(F)(F)F)ncc1CCc1ncccc1S(=O)(=O)CC. The molecule has 10 heteroatoms. The molecule has 0 fully saturated rings. The molecule has 0 unspecified atom stereocenters. The first-order valence-electron chi connectivity index (χ1n) is 8.50. The van der Waals surface area contributed by atoms with Gasteiger partial charge in [0.05, 0.1) is 28.5 Å². The third-order valence-electron chi connectivity index (χ3n) is 3.97. The van der Waals surface area contributed by atoms with Crippen LogP contribution in [0.5, 0.6) is 0 Å². The summed E-state index contributed by atoms with van der Waals surface area (Å²) in [4.78, 5) is 19.6. The van der Waals surface area contributed by atoms with Gasteiger partial charge < -0.3 is 4.74 Å². The number of nitrogens with zero attached hydrogens (tertiary/aromatic N) is 2. The molecule has 0 saturated heterocycles. The lowest BCUT2D eigenvalue weighted by atomic mass is 10.0. The maximum Gasteiger partial charge on any atom is 0.433 e. The van der Waals surface area contributed by atoms with Gasteiger partial charge in [0.2, 0.25) is 0 Å². The van der Waals surface area contributed by atoms with Crippen molar-refractivity contribution in [3.63, 3.8) is 0 Å². The van der Waals surface area contributed by atoms with Crippen LogP contribution in [0.15, 0.2) is 35.5 Å². The molecule has 2 aromatic rings. The number of alkyl halides is 3. The molecule has 28 heavy (non-hydrogen) atoms. The van der Waals surface area contributed by atoms with Crippen molar-refractivity contribution >= 4 is 15.8 Å². The average molecular weight is 416 g/mol. The molecule has 0 radical (unpaired) electrons. The van der Waals surface area contributed by atoms with Crippen LogP contribution in [0.1, 0.15) is 41.2 Å². The summed E-state index contributed by atoms with van der Waals surface area (Å²) in [5.41, 5.74) is -0.956. The zero-order valence-electron chi connectivity index (χ0n) is 15.3. The molecule has 0 aromatic carbocycles. The summed E-state index contributed by atoms with van der Waals surface area (Å²) < 4.78 is 68.0. The third kappa shape index (κ3) is 5.06. The largest absolute Gasteiger partial charge is 0.462 e. The highest BCUT2D eigenvalue weighted by Gasteiger charge is 2.34. The van der Waals surface area contributed by atoms with E-state index in [4.69, 9.17) is 4.74 Å². The Bertz CT molecular complexity index is 960. The number of esters is 1. The van der Waals surface area contributed by atoms with Gasteiger partial charge in [0.15, 0.2) is 9.84 Å². The summed E-state index contributed by atoms with van der Waals surface area (Å²) in [6, 6.07) is 3.57. The summed E-state index contributed by atoms with van der Waals surface area (Å²) in [6.07, 6.45) is -2.13. The van der Waals surface area contributed by atoms with Gasteiger partial charge >= 0.3 is 12.1 Å². The zero-order chi connectivity index (χ0) is 20.9. The van der Waals surface area contributed by atoms with Crippen molar-refractivity contribution < 1.29 is 31.1 Å². The molecule has 152 valence electrons. The van der Waals surface area contributed by atoms with E-state index in [-0.39, 0.29) is 46.9 Å². The predicted molar refractivity (Wildman–Crippen MR) is 94.6 cm³/mol. The zero-order valence-corrected chi connectivity index (χ0v) is 16.1. The van der Waals surface area contributed by atoms with Gasteiger partial charge in [0.25, 0.3) is 0 Å². The minimum atomic E-state index is -4.71. The molecular formula is C18H19F3N2O4S. The molecule has 0 saturated carbocycles. The Hall–Kier alpha value is -2.49. The Balaban J connectivity index is 2.38. The van der Waals surface area contributed by atoms with E-state index in [9.17, 15) is 26.4 Å². The Morgan fingerprint density at radius 3 is 2.50 bits per heavy atom. The lowest BCUT2D eigenvalue weighted by Crippen LogP contribution is -2.15. The van der Waals surface area contributed by atoms with Crippen LogP contribution in [0.2, 0.25) is 0 Å². The molecule has 0 bridgehead atoms. The molecular weight excluding hydrogens is 397 g/mol. The molecule has 0 amide bonds. The Morgan fingerprint density at radius 1 is 1.18 bits per heavy atom. The van der Waals surface area contributed by atoms with Crippen LogP contribution in [0.4, 0.5) is 13.2 Å². The fraction of sp³-hybridized carbons (Fsp3) is 0.389. The molecule has 0 spiro atoms. The Labute approximate surface area is 160 Å². The third-order valence-corrected chi connectivity index (χ3v) is 5.77. The van der Waals surface area contributed by atoms with E-state index >= 15 is 0 Å². The van der Waals surface area contributed by atoms with Crippen molar-refractivity contribution in [1.29, 1.82) is 0 Å². The number of carbonyl (C=O) groups is 1. The van der Waals surface area contributed by atoms with Crippen molar-refractivity contribution in [2.24, 2.45) is 0 Å². The number of pyridine rings is 2. The molecule has 2 aromatic heterocycles. The van der Waals surface area contributed by atoms with E-state index in [1.165, 1.54) is 25.3 Å². The van der Waals surface area contributed by atoms with E-state index < -0.39 is 27.7 Å². The standard InChI is InChI=1S/C18H19F3N2O4S/c1-3-27-17(24)13-10-16(18(19,20)21)23-11-12(13)7-8-14-15(6-5-9-22-14)28(25,26)4-2/h5-6,9-11H,3-4,7-8H2,1-2H3. The second-order valence-electron chi connectivity index (χ2n) is 5.80. The van der Waals surface area contributed by atoms with E-state index in [0.29, 0.717) is 6.07 Å². The van der Waals surface area contributed by atoms with Gasteiger partial charge in [-0.3, -0.25) is 9.97 Å². The second-order valence-corrected chi connectivity index (χ2v) is 8.04. The highest BCUT2D eigenvalue weighted by atomic mass is 32.2. The molecule has 0 aliphatic carbocycles. The first-order valence-corrected chi connectivity index (χ1v) is 10.1. The number of carbonyl (C=O) groups excluding carboxylic acids is 1. The second kappa shape index (κ2) is 8.68. The van der Waals surface area contributed by atoms with Gasteiger partial charge in [-0.1, -0.05) is 6.92 Å². The molecule has 2 rings (SSSR count). The van der Waals surface area contributed by atoms with Gasteiger partial charge in [-0.05, 0) is 43.5 Å². The number of halogens is 3. The Morgan fingerprint density at radius 2 is 1.89 bits per heavy atom. The highest BCUT2D eigenvalue weighted by Crippen LogP contribution is 2.29. The minimum Gasteiger partial charge on any atom is -0.462 e. The Kier molecular flexibility index (Phi) is 6.76. The van der Waals surface area contributed by atoms with Crippen LogP contribution >= 0.6 is 0 Å². The summed E-state index contributed by atoms with van der Waals surface area (Å²) >= 11 is 0. The maximum absolute atomic E-state index is 12.9. The monoisotopic (exact) mass is 416 g/mol. The fourth-order valence-corrected chi connectivity index (χ4v) is 3.65. The first-order chi connectivity index (χ1) is 13.1. The van der Waals surface area contributed by atoms with Gasteiger partial charge in [-0.15, -0.1) is 0 Å². The van der Waals surface area contributed by atoms with Crippen LogP contribution in [-0.2, 0) is 33.6 Å². The van der Waals surface area contributed by atoms with E-state index in [1.54, 1.807) is 6.92 Å². The minimum absolute atomic E-state index is 0.00107. The van der Waals surface area contributed by atoms with Crippen LogP contribution in [-0.4, -0.2) is 36.7 Å². The smallest absolute Gasteiger partial charge is 0.433 e. The van der Waals surface area contributed by atoms with Crippen LogP contribution in [0, 0.1) is 0 Å². The molecule has 0 aliphatic rings. The van der Waals surface area contributed by atoms with Crippen LogP contribution in [0.3, 0.4) is 0 Å². The summed E-state index contributed by atoms with van der Waals surface area (Å²) in [5.74, 6) is -1.01. The topological polar surface area (TPSA) is 86.2 Å². The average Bonchev–Trinajstić information content (AvgIpc) is 2.65. The highest BCUT2D eigenvalue weighted by molar-refractivity contribution is 7.91. The van der Waals surface area contributed by atoms with Crippen molar-refractivity contribution in [3.05, 3.63) is 53.1 Å². The number of rotatable bonds is 7. The number of aromatic nitrogens is 2. The summed E-state index contributed by atoms with van der Waals surface area (Å²) in [5, 5.41) is 0. The van der Waals surface area contributed by atoms with Crippen molar-refractivity contribution in [3.8, 4) is 0 Å². The summed E-state index contributed by atoms with van der Waals surface area (Å²) in [7, 11) is -3.51. The van der Waals surface area contributed by atoms with Crippen LogP contribution < -0.4 is 0 Å². The van der Waals surface area contributed by atoms with Crippen molar-refractivity contribution in [2.75, 3.05) is 12.4 Å². The number of sulfone groups is 1. The molecule has 6 nitrogen and oxygen atoms in total. The molecule has 0 atom stereocenters. The van der Waals surface area contributed by atoms with E-state index in [0.717, 1.165) is 6.20 Å². The van der Waals surface area contributed by atoms with Crippen molar-refractivity contribution in [2.45, 2.75) is 37.8 Å². The summed E-state index contributed by atoms with van der Waals surface area (Å²) in [6.45, 7) is 3.05. The van der Waals surface area contributed by atoms with Crippen LogP contribution in [0.25, 0.3) is 0 Å². The maximum atomic E-state index is 12.9. The quantitative estimate of drug-likeness (QED) is 0.644. The van der Waals surface area contributed by atoms with Crippen molar-refractivity contribution in [1.82, 2.24) is 9.97 Å².